The zero-order valence-electron chi connectivity index (χ0n) is 10.7. The number of benzene rings is 1. The molecule has 4 nitrogen and oxygen atoms in total. The van der Waals surface area contributed by atoms with E-state index in [0.717, 1.165) is 10.5 Å². The zero-order chi connectivity index (χ0) is 14.8. The number of alkyl halides is 3. The van der Waals surface area contributed by atoms with E-state index >= 15 is 0 Å². The first-order valence-electron chi connectivity index (χ1n) is 6.16. The van der Waals surface area contributed by atoms with Crippen molar-refractivity contribution in [3.63, 3.8) is 0 Å². The summed E-state index contributed by atoms with van der Waals surface area (Å²) in [5.74, 6) is -1.33. The van der Waals surface area contributed by atoms with Crippen LogP contribution in [0.5, 0.6) is 0 Å². The second-order valence-electron chi connectivity index (χ2n) is 5.43. The SMILES string of the molecule is C[C@@]12C[C@@](O)(C(F)(F)F)C(=O)N1c1ccccc1CN2. The molecule has 0 bridgehead atoms. The molecule has 0 aliphatic carbocycles. The number of amides is 1. The maximum Gasteiger partial charge on any atom is 0.426 e. The molecule has 1 fully saturated rings. The number of rotatable bonds is 0. The Morgan fingerprint density at radius 3 is 2.65 bits per heavy atom. The van der Waals surface area contributed by atoms with Crippen LogP contribution >= 0.6 is 0 Å². The predicted molar refractivity (Wildman–Crippen MR) is 64.8 cm³/mol. The van der Waals surface area contributed by atoms with Gasteiger partial charge in [-0.3, -0.25) is 15.0 Å². The van der Waals surface area contributed by atoms with Crippen molar-refractivity contribution in [1.29, 1.82) is 0 Å². The van der Waals surface area contributed by atoms with E-state index in [9.17, 15) is 23.1 Å². The molecule has 0 aromatic heterocycles. The standard InChI is InChI=1S/C13H13F3N2O2/c1-11-7-12(20,13(14,15)16)10(19)18(11)9-5-3-2-4-8(9)6-17-11/h2-5,17,20H,6-7H2,1H3/t11-,12-/m0/s1. The highest BCUT2D eigenvalue weighted by Crippen LogP contribution is 2.48. The number of hydrogen-bond acceptors (Lipinski definition) is 3. The van der Waals surface area contributed by atoms with Crippen molar-refractivity contribution in [3.05, 3.63) is 29.8 Å². The van der Waals surface area contributed by atoms with Crippen LogP contribution in [0.15, 0.2) is 24.3 Å². The molecule has 0 saturated carbocycles. The summed E-state index contributed by atoms with van der Waals surface area (Å²) in [6, 6.07) is 6.73. The van der Waals surface area contributed by atoms with Gasteiger partial charge in [0.15, 0.2) is 0 Å². The third-order valence-corrected chi connectivity index (χ3v) is 4.01. The Balaban J connectivity index is 2.14. The Kier molecular flexibility index (Phi) is 2.50. The number of anilines is 1. The fourth-order valence-electron chi connectivity index (χ4n) is 2.96. The highest BCUT2D eigenvalue weighted by atomic mass is 19.4. The summed E-state index contributed by atoms with van der Waals surface area (Å²) in [5.41, 5.74) is -3.44. The van der Waals surface area contributed by atoms with Gasteiger partial charge >= 0.3 is 6.18 Å². The van der Waals surface area contributed by atoms with E-state index in [4.69, 9.17) is 0 Å². The lowest BCUT2D eigenvalue weighted by molar-refractivity contribution is -0.248. The van der Waals surface area contributed by atoms with Gasteiger partial charge in [-0.15, -0.1) is 0 Å². The summed E-state index contributed by atoms with van der Waals surface area (Å²) in [6.45, 7) is 1.84. The van der Waals surface area contributed by atoms with Crippen LogP contribution in [0.2, 0.25) is 0 Å². The zero-order valence-corrected chi connectivity index (χ0v) is 10.7. The Morgan fingerprint density at radius 2 is 2.00 bits per heavy atom. The monoisotopic (exact) mass is 286 g/mol. The Morgan fingerprint density at radius 1 is 1.35 bits per heavy atom. The number of hydrogen-bond donors (Lipinski definition) is 2. The number of halogens is 3. The number of aliphatic hydroxyl groups is 1. The smallest absolute Gasteiger partial charge is 0.373 e. The van der Waals surface area contributed by atoms with Gasteiger partial charge in [0, 0.05) is 13.0 Å². The van der Waals surface area contributed by atoms with E-state index in [1.807, 2.05) is 0 Å². The summed E-state index contributed by atoms with van der Waals surface area (Å²) in [4.78, 5) is 13.2. The van der Waals surface area contributed by atoms with E-state index in [1.165, 1.54) is 6.92 Å². The van der Waals surface area contributed by atoms with Crippen LogP contribution in [0.25, 0.3) is 0 Å². The van der Waals surface area contributed by atoms with Crippen LogP contribution in [0.4, 0.5) is 18.9 Å². The number of carbonyl (C=O) groups excluding carboxylic acids is 1. The van der Waals surface area contributed by atoms with Crippen LogP contribution in [0, 0.1) is 0 Å². The number of nitrogens with one attached hydrogen (secondary N) is 1. The van der Waals surface area contributed by atoms with Crippen LogP contribution in [0.1, 0.15) is 18.9 Å². The average Bonchev–Trinajstić information content (AvgIpc) is 2.58. The molecule has 2 atom stereocenters. The van der Waals surface area contributed by atoms with Crippen molar-refractivity contribution in [2.45, 2.75) is 37.3 Å². The second-order valence-corrected chi connectivity index (χ2v) is 5.43. The van der Waals surface area contributed by atoms with Gasteiger partial charge < -0.3 is 5.11 Å². The van der Waals surface area contributed by atoms with Crippen LogP contribution in [0.3, 0.4) is 0 Å². The number of carbonyl (C=O) groups is 1. The number of fused-ring (bicyclic) bond motifs is 3. The molecule has 2 heterocycles. The first-order valence-corrected chi connectivity index (χ1v) is 6.16. The van der Waals surface area contributed by atoms with Crippen LogP contribution in [-0.2, 0) is 11.3 Å². The van der Waals surface area contributed by atoms with Crippen molar-refractivity contribution >= 4 is 11.6 Å². The van der Waals surface area contributed by atoms with Crippen LogP contribution in [-0.4, -0.2) is 28.5 Å². The molecule has 3 rings (SSSR count). The number of nitrogens with zero attached hydrogens (tertiary/aromatic N) is 1. The molecule has 2 aliphatic rings. The predicted octanol–water partition coefficient (Wildman–Crippen LogP) is 1.54. The summed E-state index contributed by atoms with van der Waals surface area (Å²) in [5, 5.41) is 12.8. The summed E-state index contributed by atoms with van der Waals surface area (Å²) in [7, 11) is 0. The van der Waals surface area contributed by atoms with Gasteiger partial charge in [-0.2, -0.15) is 13.2 Å². The molecule has 2 aliphatic heterocycles. The highest BCUT2D eigenvalue weighted by Gasteiger charge is 2.70. The fraction of sp³-hybridized carbons (Fsp3) is 0.462. The van der Waals surface area contributed by atoms with Gasteiger partial charge in [-0.05, 0) is 18.6 Å². The first kappa shape index (κ1) is 13.4. The largest absolute Gasteiger partial charge is 0.426 e. The molecular weight excluding hydrogens is 273 g/mol. The summed E-state index contributed by atoms with van der Waals surface area (Å²) >= 11 is 0. The molecular formula is C13H13F3N2O2. The topological polar surface area (TPSA) is 52.6 Å². The van der Waals surface area contributed by atoms with E-state index in [2.05, 4.69) is 5.32 Å². The van der Waals surface area contributed by atoms with Crippen molar-refractivity contribution in [2.75, 3.05) is 4.90 Å². The third kappa shape index (κ3) is 1.53. The molecule has 1 aromatic rings. The quantitative estimate of drug-likeness (QED) is 0.760. The average molecular weight is 286 g/mol. The molecule has 20 heavy (non-hydrogen) atoms. The highest BCUT2D eigenvalue weighted by molar-refractivity contribution is 6.04. The molecule has 1 amide bonds. The third-order valence-electron chi connectivity index (χ3n) is 4.01. The van der Waals surface area contributed by atoms with Gasteiger partial charge in [0.1, 0.15) is 0 Å². The minimum atomic E-state index is -5.00. The molecule has 0 unspecified atom stereocenters. The van der Waals surface area contributed by atoms with Crippen molar-refractivity contribution in [1.82, 2.24) is 5.32 Å². The normalized spacial score (nSPS) is 33.0. The molecule has 0 spiro atoms. The van der Waals surface area contributed by atoms with Gasteiger partial charge in [0.2, 0.25) is 5.60 Å². The van der Waals surface area contributed by atoms with E-state index < -0.39 is 29.8 Å². The van der Waals surface area contributed by atoms with Crippen molar-refractivity contribution in [3.8, 4) is 0 Å². The van der Waals surface area contributed by atoms with E-state index in [-0.39, 0.29) is 0 Å². The molecule has 1 aromatic carbocycles. The molecule has 1 saturated heterocycles. The van der Waals surface area contributed by atoms with Crippen molar-refractivity contribution < 1.29 is 23.1 Å². The summed E-state index contributed by atoms with van der Waals surface area (Å²) < 4.78 is 39.2. The maximum atomic E-state index is 13.1. The number of para-hydroxylation sites is 1. The van der Waals surface area contributed by atoms with Gasteiger partial charge in [0.05, 0.1) is 11.4 Å². The lowest BCUT2D eigenvalue weighted by Gasteiger charge is -2.41. The fourth-order valence-corrected chi connectivity index (χ4v) is 2.96. The van der Waals surface area contributed by atoms with Crippen LogP contribution < -0.4 is 10.2 Å². The Bertz CT molecular complexity index is 589. The molecule has 2 N–H and O–H groups in total. The van der Waals surface area contributed by atoms with Gasteiger partial charge in [-0.1, -0.05) is 18.2 Å². The second kappa shape index (κ2) is 3.73. The lowest BCUT2D eigenvalue weighted by Crippen LogP contribution is -2.57. The molecule has 7 heteroatoms. The summed E-state index contributed by atoms with van der Waals surface area (Å²) in [6.07, 6.45) is -5.72. The van der Waals surface area contributed by atoms with E-state index in [0.29, 0.717) is 12.2 Å². The Hall–Kier alpha value is -1.60. The van der Waals surface area contributed by atoms with Crippen molar-refractivity contribution in [2.24, 2.45) is 0 Å². The first-order chi connectivity index (χ1) is 9.19. The molecule has 108 valence electrons. The maximum absolute atomic E-state index is 13.1. The van der Waals surface area contributed by atoms with Gasteiger partial charge in [0.25, 0.3) is 5.91 Å². The molecule has 0 radical (unpaired) electrons. The Labute approximate surface area is 113 Å². The minimum absolute atomic E-state index is 0.352. The van der Waals surface area contributed by atoms with E-state index in [1.54, 1.807) is 24.3 Å². The van der Waals surface area contributed by atoms with Gasteiger partial charge in [-0.25, -0.2) is 0 Å². The minimum Gasteiger partial charge on any atom is -0.373 e. The lowest BCUT2D eigenvalue weighted by atomic mass is 9.95.